The minimum absolute atomic E-state index is 0.0945. The van der Waals surface area contributed by atoms with Crippen LogP contribution in [-0.4, -0.2) is 57.7 Å². The molecule has 0 bridgehead atoms. The largest absolute Gasteiger partial charge is 0.456 e. The molecule has 1 fully saturated rings. The topological polar surface area (TPSA) is 96.7 Å². The van der Waals surface area contributed by atoms with Crippen molar-refractivity contribution in [3.63, 3.8) is 0 Å². The molecule has 32 heavy (non-hydrogen) atoms. The Bertz CT molecular complexity index is 1360. The van der Waals surface area contributed by atoms with Crippen LogP contribution in [0.5, 0.6) is 11.5 Å². The highest BCUT2D eigenvalue weighted by Gasteiger charge is 2.27. The number of β-amino-alcohol motifs (C(OH)–C–C–N with tert-alkyl or cyclic N) is 1. The van der Waals surface area contributed by atoms with Gasteiger partial charge in [0.05, 0.1) is 26.7 Å². The third-order valence-electron chi connectivity index (χ3n) is 5.64. The first kappa shape index (κ1) is 20.5. The van der Waals surface area contributed by atoms with Gasteiger partial charge < -0.3 is 20.1 Å². The number of rotatable bonds is 3. The number of aromatic nitrogens is 2. The van der Waals surface area contributed by atoms with Crippen LogP contribution in [-0.2, 0) is 0 Å². The molecular formula is C23H22N4O4S. The molecular weight excluding hydrogens is 428 g/mol. The normalized spacial score (nSPS) is 16.1. The number of aryl methyl sites for hydroxylation is 1. The van der Waals surface area contributed by atoms with Crippen molar-refractivity contribution in [1.29, 1.82) is 0 Å². The first-order valence-corrected chi connectivity index (χ1v) is 11.1. The van der Waals surface area contributed by atoms with Gasteiger partial charge in [-0.05, 0) is 43.7 Å². The van der Waals surface area contributed by atoms with E-state index in [9.17, 15) is 14.7 Å². The summed E-state index contributed by atoms with van der Waals surface area (Å²) in [6, 6.07) is 10.9. The molecule has 5 rings (SSSR count). The summed E-state index contributed by atoms with van der Waals surface area (Å²) in [5.74, 6) is 1.15. The van der Waals surface area contributed by atoms with Crippen LogP contribution in [0.2, 0.25) is 0 Å². The van der Waals surface area contributed by atoms with Gasteiger partial charge in [0, 0.05) is 43.5 Å². The molecule has 0 radical (unpaired) electrons. The standard InChI is InChI=1S/C23H22N4O4S/c1-13-9-14-10-16(3-4-18(14)27(13)23(30)24-2)31-19-5-7-25-17-11-20(32-21(17)19)22(29)26-8-6-15(28)12-26/h3-5,7,9-11,15,28H,6,8,12H2,1-2H3,(H,24,30)/t15-/m1/s1. The molecule has 9 heteroatoms. The average molecular weight is 451 g/mol. The Labute approximate surface area is 188 Å². The lowest BCUT2D eigenvalue weighted by Gasteiger charge is -2.13. The summed E-state index contributed by atoms with van der Waals surface area (Å²) in [5, 5.41) is 13.3. The predicted octanol–water partition coefficient (Wildman–Crippen LogP) is 3.75. The van der Waals surface area contributed by atoms with Gasteiger partial charge in [0.15, 0.2) is 0 Å². The van der Waals surface area contributed by atoms with Crippen molar-refractivity contribution in [2.24, 2.45) is 0 Å². The summed E-state index contributed by atoms with van der Waals surface area (Å²) in [6.07, 6.45) is 1.80. The lowest BCUT2D eigenvalue weighted by atomic mass is 10.2. The van der Waals surface area contributed by atoms with E-state index in [1.807, 2.05) is 31.2 Å². The van der Waals surface area contributed by atoms with Crippen LogP contribution in [0.4, 0.5) is 4.79 Å². The van der Waals surface area contributed by atoms with Crippen molar-refractivity contribution >= 4 is 44.4 Å². The van der Waals surface area contributed by atoms with Gasteiger partial charge in [0.1, 0.15) is 11.5 Å². The molecule has 0 spiro atoms. The molecule has 1 atom stereocenters. The molecule has 0 saturated carbocycles. The lowest BCUT2D eigenvalue weighted by molar-refractivity contribution is 0.0769. The van der Waals surface area contributed by atoms with Crippen LogP contribution in [0.25, 0.3) is 21.1 Å². The van der Waals surface area contributed by atoms with Gasteiger partial charge in [-0.1, -0.05) is 0 Å². The van der Waals surface area contributed by atoms with Crippen molar-refractivity contribution < 1.29 is 19.4 Å². The number of likely N-dealkylation sites (tertiary alicyclic amines) is 1. The lowest BCUT2D eigenvalue weighted by Crippen LogP contribution is -2.28. The average Bonchev–Trinajstić information content (AvgIpc) is 3.49. The molecule has 1 aliphatic rings. The van der Waals surface area contributed by atoms with Crippen LogP contribution in [0, 0.1) is 6.92 Å². The van der Waals surface area contributed by atoms with Crippen molar-refractivity contribution in [1.82, 2.24) is 19.8 Å². The van der Waals surface area contributed by atoms with Gasteiger partial charge >= 0.3 is 6.03 Å². The zero-order chi connectivity index (χ0) is 22.4. The molecule has 4 heterocycles. The number of nitrogens with one attached hydrogen (secondary N) is 1. The maximum atomic E-state index is 12.8. The first-order chi connectivity index (χ1) is 15.4. The quantitative estimate of drug-likeness (QED) is 0.496. The summed E-state index contributed by atoms with van der Waals surface area (Å²) in [4.78, 5) is 31.6. The van der Waals surface area contributed by atoms with Gasteiger partial charge in [-0.25, -0.2) is 4.79 Å². The van der Waals surface area contributed by atoms with E-state index in [0.717, 1.165) is 21.3 Å². The second-order valence-corrected chi connectivity index (χ2v) is 8.88. The molecule has 1 aliphatic heterocycles. The van der Waals surface area contributed by atoms with Gasteiger partial charge in [-0.15, -0.1) is 11.3 Å². The molecule has 2 amide bonds. The Morgan fingerprint density at radius 1 is 1.25 bits per heavy atom. The third-order valence-corrected chi connectivity index (χ3v) is 6.77. The van der Waals surface area contributed by atoms with Crippen LogP contribution in [0.3, 0.4) is 0 Å². The van der Waals surface area contributed by atoms with E-state index in [0.29, 0.717) is 41.4 Å². The molecule has 1 saturated heterocycles. The molecule has 1 aromatic carbocycles. The van der Waals surface area contributed by atoms with Gasteiger partial charge in [-0.2, -0.15) is 0 Å². The molecule has 0 aliphatic carbocycles. The predicted molar refractivity (Wildman–Crippen MR) is 123 cm³/mol. The number of aliphatic hydroxyl groups is 1. The monoisotopic (exact) mass is 450 g/mol. The number of aliphatic hydroxyl groups excluding tert-OH is 1. The van der Waals surface area contributed by atoms with E-state index in [1.54, 1.807) is 34.8 Å². The maximum absolute atomic E-state index is 12.8. The fourth-order valence-electron chi connectivity index (χ4n) is 4.09. The number of hydrogen-bond acceptors (Lipinski definition) is 6. The van der Waals surface area contributed by atoms with Crippen molar-refractivity contribution in [2.75, 3.05) is 20.1 Å². The van der Waals surface area contributed by atoms with Gasteiger partial charge in [-0.3, -0.25) is 14.3 Å². The second-order valence-electron chi connectivity index (χ2n) is 7.83. The summed E-state index contributed by atoms with van der Waals surface area (Å²) >= 11 is 1.34. The summed E-state index contributed by atoms with van der Waals surface area (Å²) in [6.45, 7) is 2.80. The number of carbonyl (C=O) groups excluding carboxylic acids is 2. The van der Waals surface area contributed by atoms with Crippen LogP contribution >= 0.6 is 11.3 Å². The number of hydrogen-bond donors (Lipinski definition) is 2. The highest BCUT2D eigenvalue weighted by atomic mass is 32.1. The molecule has 3 aromatic heterocycles. The van der Waals surface area contributed by atoms with Crippen molar-refractivity contribution in [3.8, 4) is 11.5 Å². The minimum Gasteiger partial charge on any atom is -0.456 e. The molecule has 4 aromatic rings. The number of nitrogens with zero attached hydrogens (tertiary/aromatic N) is 3. The van der Waals surface area contributed by atoms with Crippen LogP contribution in [0.15, 0.2) is 42.6 Å². The Kier molecular flexibility index (Phi) is 5.07. The van der Waals surface area contributed by atoms with Crippen LogP contribution in [0.1, 0.15) is 21.8 Å². The van der Waals surface area contributed by atoms with Crippen molar-refractivity contribution in [3.05, 3.63) is 53.2 Å². The Morgan fingerprint density at radius 2 is 2.09 bits per heavy atom. The Hall–Kier alpha value is -3.43. The number of ether oxygens (including phenoxy) is 1. The second kappa shape index (κ2) is 7.92. The number of benzene rings is 1. The van der Waals surface area contributed by atoms with E-state index in [2.05, 4.69) is 10.3 Å². The highest BCUT2D eigenvalue weighted by Crippen LogP contribution is 2.36. The van der Waals surface area contributed by atoms with E-state index >= 15 is 0 Å². The molecule has 164 valence electrons. The van der Waals surface area contributed by atoms with Gasteiger partial charge in [0.2, 0.25) is 0 Å². The van der Waals surface area contributed by atoms with Crippen LogP contribution < -0.4 is 10.1 Å². The number of amides is 2. The number of carbonyl (C=O) groups is 2. The van der Waals surface area contributed by atoms with Gasteiger partial charge in [0.25, 0.3) is 5.91 Å². The Morgan fingerprint density at radius 3 is 2.84 bits per heavy atom. The van der Waals surface area contributed by atoms with E-state index in [4.69, 9.17) is 4.74 Å². The van der Waals surface area contributed by atoms with E-state index < -0.39 is 6.10 Å². The van der Waals surface area contributed by atoms with E-state index in [-0.39, 0.29) is 11.9 Å². The third kappa shape index (κ3) is 3.49. The summed E-state index contributed by atoms with van der Waals surface area (Å²) in [5.41, 5.74) is 2.32. The summed E-state index contributed by atoms with van der Waals surface area (Å²) in [7, 11) is 1.60. The zero-order valence-electron chi connectivity index (χ0n) is 17.7. The number of pyridine rings is 1. The highest BCUT2D eigenvalue weighted by molar-refractivity contribution is 7.21. The Balaban J connectivity index is 1.46. The SMILES string of the molecule is CNC(=O)n1c(C)cc2cc(Oc3ccnc4cc(C(=O)N5CC[C@@H](O)C5)sc34)ccc21. The van der Waals surface area contributed by atoms with E-state index in [1.165, 1.54) is 11.3 Å². The maximum Gasteiger partial charge on any atom is 0.325 e. The minimum atomic E-state index is -0.456. The molecule has 0 unspecified atom stereocenters. The number of thiophene rings is 1. The molecule has 8 nitrogen and oxygen atoms in total. The fourth-order valence-corrected chi connectivity index (χ4v) is 5.12. The first-order valence-electron chi connectivity index (χ1n) is 10.3. The zero-order valence-corrected chi connectivity index (χ0v) is 18.5. The number of fused-ring (bicyclic) bond motifs is 2. The summed E-state index contributed by atoms with van der Waals surface area (Å²) < 4.78 is 8.58. The van der Waals surface area contributed by atoms with Crippen molar-refractivity contribution in [2.45, 2.75) is 19.4 Å². The smallest absolute Gasteiger partial charge is 0.325 e. The molecule has 2 N–H and O–H groups in total. The fraction of sp³-hybridized carbons (Fsp3) is 0.261.